The normalized spacial score (nSPS) is 21.6. The number of amides is 1. The van der Waals surface area contributed by atoms with Crippen molar-refractivity contribution in [3.8, 4) is 0 Å². The summed E-state index contributed by atoms with van der Waals surface area (Å²) in [5.41, 5.74) is 2.99. The molecule has 0 radical (unpaired) electrons. The summed E-state index contributed by atoms with van der Waals surface area (Å²) in [6, 6.07) is 15.6. The third kappa shape index (κ3) is 4.73. The minimum Gasteiger partial charge on any atom is -0.454 e. The molecule has 0 saturated carbocycles. The van der Waals surface area contributed by atoms with Gasteiger partial charge in [-0.2, -0.15) is 0 Å². The molecule has 0 spiro atoms. The lowest BCUT2D eigenvalue weighted by molar-refractivity contribution is 0.0252. The number of nitrogens with one attached hydrogen (secondary N) is 1. The molecule has 2 heterocycles. The van der Waals surface area contributed by atoms with E-state index in [0.717, 1.165) is 24.1 Å². The Morgan fingerprint density at radius 3 is 2.80 bits per heavy atom. The van der Waals surface area contributed by atoms with Gasteiger partial charge in [-0.05, 0) is 62.1 Å². The molecule has 1 saturated heterocycles. The van der Waals surface area contributed by atoms with Crippen LogP contribution in [0.4, 0.5) is 0 Å². The average molecular weight is 407 g/mol. The van der Waals surface area contributed by atoms with E-state index in [4.69, 9.17) is 4.74 Å². The van der Waals surface area contributed by atoms with E-state index in [1.807, 2.05) is 36.4 Å². The van der Waals surface area contributed by atoms with Crippen molar-refractivity contribution in [3.05, 3.63) is 70.8 Å². The number of benzene rings is 2. The van der Waals surface area contributed by atoms with Crippen LogP contribution >= 0.6 is 0 Å². The van der Waals surface area contributed by atoms with Crippen molar-refractivity contribution < 1.29 is 14.3 Å². The number of cyclic esters (lactones) is 1. The molecule has 0 aromatic heterocycles. The highest BCUT2D eigenvalue weighted by atomic mass is 16.5. The average Bonchev–Trinajstić information content (AvgIpc) is 2.78. The molecule has 0 aliphatic carbocycles. The van der Waals surface area contributed by atoms with E-state index in [2.05, 4.69) is 17.1 Å². The fourth-order valence-corrected chi connectivity index (χ4v) is 4.47. The van der Waals surface area contributed by atoms with E-state index in [9.17, 15) is 9.59 Å². The summed E-state index contributed by atoms with van der Waals surface area (Å²) >= 11 is 0. The minimum atomic E-state index is -0.326. The van der Waals surface area contributed by atoms with Gasteiger partial charge in [-0.3, -0.25) is 4.79 Å². The number of ether oxygens (including phenoxy) is 1. The SMILES string of the molecule is CC1CCCCN1CCCNC(=O)c1ccc2c(c1)CC(c1ccccc1)OC2=O. The number of carbonyl (C=O) groups is 2. The quantitative estimate of drug-likeness (QED) is 0.579. The van der Waals surface area contributed by atoms with Crippen LogP contribution < -0.4 is 5.32 Å². The van der Waals surface area contributed by atoms with Crippen molar-refractivity contribution in [2.24, 2.45) is 0 Å². The number of piperidine rings is 1. The van der Waals surface area contributed by atoms with Crippen molar-refractivity contribution in [3.63, 3.8) is 0 Å². The highest BCUT2D eigenvalue weighted by Crippen LogP contribution is 2.31. The maximum atomic E-state index is 12.6. The molecule has 2 aromatic carbocycles. The Kier molecular flexibility index (Phi) is 6.48. The second-order valence-electron chi connectivity index (χ2n) is 8.37. The van der Waals surface area contributed by atoms with Crippen molar-refractivity contribution in [1.29, 1.82) is 0 Å². The van der Waals surface area contributed by atoms with E-state index in [-0.39, 0.29) is 18.0 Å². The van der Waals surface area contributed by atoms with Crippen LogP contribution in [0.5, 0.6) is 0 Å². The van der Waals surface area contributed by atoms with E-state index in [0.29, 0.717) is 30.1 Å². The summed E-state index contributed by atoms with van der Waals surface area (Å²) in [5, 5.41) is 3.03. The van der Waals surface area contributed by atoms with Crippen LogP contribution in [0.2, 0.25) is 0 Å². The Morgan fingerprint density at radius 2 is 2.00 bits per heavy atom. The summed E-state index contributed by atoms with van der Waals surface area (Å²) in [5.74, 6) is -0.410. The number of rotatable bonds is 6. The monoisotopic (exact) mass is 406 g/mol. The molecule has 2 unspecified atom stereocenters. The van der Waals surface area contributed by atoms with Gasteiger partial charge < -0.3 is 15.0 Å². The van der Waals surface area contributed by atoms with Crippen LogP contribution in [-0.2, 0) is 11.2 Å². The van der Waals surface area contributed by atoms with Crippen LogP contribution in [0.1, 0.15) is 70.6 Å². The van der Waals surface area contributed by atoms with Crippen molar-refractivity contribution >= 4 is 11.9 Å². The lowest BCUT2D eigenvalue weighted by atomic mass is 9.93. The zero-order valence-electron chi connectivity index (χ0n) is 17.6. The van der Waals surface area contributed by atoms with Gasteiger partial charge in [-0.15, -0.1) is 0 Å². The molecule has 2 aliphatic rings. The second-order valence-corrected chi connectivity index (χ2v) is 8.37. The van der Waals surface area contributed by atoms with E-state index >= 15 is 0 Å². The van der Waals surface area contributed by atoms with Gasteiger partial charge in [0.05, 0.1) is 5.56 Å². The van der Waals surface area contributed by atoms with Gasteiger partial charge in [0.25, 0.3) is 5.91 Å². The Labute approximate surface area is 178 Å². The summed E-state index contributed by atoms with van der Waals surface area (Å²) in [7, 11) is 0. The largest absolute Gasteiger partial charge is 0.454 e. The van der Waals surface area contributed by atoms with Gasteiger partial charge in [-0.25, -0.2) is 4.79 Å². The number of hydrogen-bond donors (Lipinski definition) is 1. The summed E-state index contributed by atoms with van der Waals surface area (Å²) in [4.78, 5) is 27.6. The Bertz CT molecular complexity index is 897. The molecule has 4 rings (SSSR count). The zero-order chi connectivity index (χ0) is 20.9. The number of nitrogens with zero attached hydrogens (tertiary/aromatic N) is 1. The minimum absolute atomic E-state index is 0.0836. The van der Waals surface area contributed by atoms with Crippen LogP contribution in [0.3, 0.4) is 0 Å². The first-order valence-electron chi connectivity index (χ1n) is 11.0. The molecule has 5 heteroatoms. The summed E-state index contributed by atoms with van der Waals surface area (Å²) < 4.78 is 5.60. The van der Waals surface area contributed by atoms with E-state index < -0.39 is 0 Å². The lowest BCUT2D eigenvalue weighted by Gasteiger charge is -2.33. The number of fused-ring (bicyclic) bond motifs is 1. The van der Waals surface area contributed by atoms with Gasteiger partial charge in [0, 0.05) is 31.1 Å². The Balaban J connectivity index is 1.35. The Hall–Kier alpha value is -2.66. The molecule has 2 aromatic rings. The molecule has 1 amide bonds. The molecule has 1 N–H and O–H groups in total. The van der Waals surface area contributed by atoms with Gasteiger partial charge in [0.1, 0.15) is 6.10 Å². The maximum absolute atomic E-state index is 12.6. The third-order valence-corrected chi connectivity index (χ3v) is 6.26. The number of esters is 1. The smallest absolute Gasteiger partial charge is 0.339 e. The van der Waals surface area contributed by atoms with Crippen LogP contribution in [0, 0.1) is 0 Å². The molecule has 0 bridgehead atoms. The summed E-state index contributed by atoms with van der Waals surface area (Å²) in [6.07, 6.45) is 5.09. The van der Waals surface area contributed by atoms with Gasteiger partial charge in [0.15, 0.2) is 0 Å². The fraction of sp³-hybridized carbons (Fsp3) is 0.440. The van der Waals surface area contributed by atoms with Gasteiger partial charge >= 0.3 is 5.97 Å². The molecule has 2 aliphatic heterocycles. The van der Waals surface area contributed by atoms with Crippen molar-refractivity contribution in [1.82, 2.24) is 10.2 Å². The molecule has 1 fully saturated rings. The zero-order valence-corrected chi connectivity index (χ0v) is 17.6. The molecular weight excluding hydrogens is 376 g/mol. The maximum Gasteiger partial charge on any atom is 0.339 e. The van der Waals surface area contributed by atoms with Crippen LogP contribution in [0.25, 0.3) is 0 Å². The summed E-state index contributed by atoms with van der Waals surface area (Å²) in [6.45, 7) is 5.14. The van der Waals surface area contributed by atoms with Crippen LogP contribution in [-0.4, -0.2) is 42.5 Å². The molecular formula is C25H30N2O3. The van der Waals surface area contributed by atoms with Gasteiger partial charge in [-0.1, -0.05) is 36.8 Å². The molecule has 158 valence electrons. The van der Waals surface area contributed by atoms with E-state index in [1.165, 1.54) is 25.8 Å². The first-order valence-corrected chi connectivity index (χ1v) is 11.0. The van der Waals surface area contributed by atoms with Crippen molar-refractivity contribution in [2.45, 2.75) is 51.2 Å². The first-order chi connectivity index (χ1) is 14.6. The van der Waals surface area contributed by atoms with Crippen molar-refractivity contribution in [2.75, 3.05) is 19.6 Å². The van der Waals surface area contributed by atoms with Gasteiger partial charge in [0.2, 0.25) is 0 Å². The molecule has 30 heavy (non-hydrogen) atoms. The standard InChI is InChI=1S/C25H30N2O3/c1-18-8-5-6-14-27(18)15-7-13-26-24(28)20-11-12-22-21(16-20)17-23(30-25(22)29)19-9-3-2-4-10-19/h2-4,9-12,16,18,23H,5-8,13-15,17H2,1H3,(H,26,28). The number of likely N-dealkylation sites (tertiary alicyclic amines) is 1. The molecule has 2 atom stereocenters. The van der Waals surface area contributed by atoms with E-state index in [1.54, 1.807) is 12.1 Å². The molecule has 5 nitrogen and oxygen atoms in total. The predicted octanol–water partition coefficient (Wildman–Crippen LogP) is 4.14. The highest BCUT2D eigenvalue weighted by molar-refractivity contribution is 5.97. The second kappa shape index (κ2) is 9.43. The van der Waals surface area contributed by atoms with Crippen LogP contribution in [0.15, 0.2) is 48.5 Å². The predicted molar refractivity (Wildman–Crippen MR) is 117 cm³/mol. The topological polar surface area (TPSA) is 58.6 Å². The highest BCUT2D eigenvalue weighted by Gasteiger charge is 2.28. The first kappa shape index (κ1) is 20.6. The Morgan fingerprint density at radius 1 is 1.17 bits per heavy atom. The third-order valence-electron chi connectivity index (χ3n) is 6.26. The lowest BCUT2D eigenvalue weighted by Crippen LogP contribution is -2.39. The number of carbonyl (C=O) groups excluding carboxylic acids is 2. The number of hydrogen-bond acceptors (Lipinski definition) is 4. The fourth-order valence-electron chi connectivity index (χ4n) is 4.47.